The zero-order chi connectivity index (χ0) is 6.78. The lowest BCUT2D eigenvalue weighted by molar-refractivity contribution is 0.147. The van der Waals surface area contributed by atoms with Crippen LogP contribution in [0.15, 0.2) is 11.1 Å². The van der Waals surface area contributed by atoms with Gasteiger partial charge in [0.15, 0.2) is 0 Å². The minimum Gasteiger partial charge on any atom is -0.182 e. The lowest BCUT2D eigenvalue weighted by Crippen LogP contribution is -2.04. The Morgan fingerprint density at radius 2 is 2.00 bits per heavy atom. The van der Waals surface area contributed by atoms with E-state index in [1.165, 1.54) is 6.92 Å². The summed E-state index contributed by atoms with van der Waals surface area (Å²) < 4.78 is 23.4. The molecule has 0 aromatic heterocycles. The van der Waals surface area contributed by atoms with Crippen LogP contribution in [0.4, 0.5) is 8.78 Å². The molecule has 0 N–H and O–H groups in total. The molecule has 0 nitrogen and oxygen atoms in total. The second-order valence-corrected chi connectivity index (χ2v) is 2.02. The van der Waals surface area contributed by atoms with Gasteiger partial charge in [-0.25, -0.2) is 0 Å². The minimum atomic E-state index is -3.39. The molecule has 0 atom stereocenters. The third-order valence-corrected chi connectivity index (χ3v) is 1.28. The van der Waals surface area contributed by atoms with Crippen molar-refractivity contribution in [1.82, 2.24) is 0 Å². The van der Waals surface area contributed by atoms with Crippen LogP contribution in [-0.4, -0.2) is 5.38 Å². The standard InChI is InChI=1S/C4H4Cl2F2/c1-2-3(5)4(6,7)8/h2H,1H3/b3-2-. The summed E-state index contributed by atoms with van der Waals surface area (Å²) in [7, 11) is 0. The monoisotopic (exact) mass is 160 g/mol. The van der Waals surface area contributed by atoms with Gasteiger partial charge in [-0.1, -0.05) is 17.7 Å². The molecule has 0 bridgehead atoms. The lowest BCUT2D eigenvalue weighted by atomic mass is 10.5. The van der Waals surface area contributed by atoms with Gasteiger partial charge in [-0.2, -0.15) is 8.78 Å². The summed E-state index contributed by atoms with van der Waals surface area (Å²) in [5, 5.41) is -4.03. The number of hydrogen-bond donors (Lipinski definition) is 0. The molecule has 0 aromatic rings. The fourth-order valence-electron chi connectivity index (χ4n) is 0.164. The van der Waals surface area contributed by atoms with Crippen molar-refractivity contribution in [3.8, 4) is 0 Å². The minimum absolute atomic E-state index is 0.640. The van der Waals surface area contributed by atoms with Crippen LogP contribution in [0.2, 0.25) is 0 Å². The zero-order valence-corrected chi connectivity index (χ0v) is 5.60. The van der Waals surface area contributed by atoms with E-state index in [0.29, 0.717) is 0 Å². The van der Waals surface area contributed by atoms with Crippen molar-refractivity contribution in [2.45, 2.75) is 12.3 Å². The number of rotatable bonds is 1. The Morgan fingerprint density at radius 1 is 1.62 bits per heavy atom. The number of hydrogen-bond acceptors (Lipinski definition) is 0. The van der Waals surface area contributed by atoms with Crippen LogP contribution in [0, 0.1) is 0 Å². The van der Waals surface area contributed by atoms with Crippen molar-refractivity contribution < 1.29 is 8.78 Å². The van der Waals surface area contributed by atoms with Crippen molar-refractivity contribution >= 4 is 23.2 Å². The smallest absolute Gasteiger partial charge is 0.182 e. The molecular weight excluding hydrogens is 157 g/mol. The highest BCUT2D eigenvalue weighted by Gasteiger charge is 2.28. The molecule has 0 amide bonds. The third-order valence-electron chi connectivity index (χ3n) is 0.524. The second-order valence-electron chi connectivity index (χ2n) is 1.13. The van der Waals surface area contributed by atoms with Crippen molar-refractivity contribution in [3.05, 3.63) is 11.1 Å². The molecule has 0 aromatic carbocycles. The van der Waals surface area contributed by atoms with Gasteiger partial charge in [0.2, 0.25) is 0 Å². The molecule has 0 rings (SSSR count). The Kier molecular flexibility index (Phi) is 2.71. The highest BCUT2D eigenvalue weighted by Crippen LogP contribution is 2.30. The first-order valence-electron chi connectivity index (χ1n) is 1.87. The molecule has 0 radical (unpaired) electrons. The SMILES string of the molecule is C/C=C(\Cl)C(F)(F)Cl. The largest absolute Gasteiger partial charge is 0.358 e. The van der Waals surface area contributed by atoms with Gasteiger partial charge in [0.05, 0.1) is 5.03 Å². The molecule has 0 saturated heterocycles. The Labute approximate surface area is 56.1 Å². The van der Waals surface area contributed by atoms with Gasteiger partial charge < -0.3 is 0 Å². The van der Waals surface area contributed by atoms with E-state index in [1.807, 2.05) is 0 Å². The van der Waals surface area contributed by atoms with E-state index in [1.54, 1.807) is 0 Å². The molecule has 0 spiro atoms. The molecular formula is C4H4Cl2F2. The Bertz CT molecular complexity index is 103. The molecule has 0 aliphatic rings. The van der Waals surface area contributed by atoms with E-state index in [0.717, 1.165) is 6.08 Å². The first-order valence-corrected chi connectivity index (χ1v) is 2.63. The number of halogens is 4. The molecule has 0 aliphatic carbocycles. The van der Waals surface area contributed by atoms with Crippen LogP contribution in [0.1, 0.15) is 6.92 Å². The lowest BCUT2D eigenvalue weighted by Gasteiger charge is -2.02. The normalized spacial score (nSPS) is 14.4. The first kappa shape index (κ1) is 8.18. The Hall–Kier alpha value is 0.180. The first-order chi connectivity index (χ1) is 3.48. The van der Waals surface area contributed by atoms with Crippen molar-refractivity contribution in [1.29, 1.82) is 0 Å². The van der Waals surface area contributed by atoms with Gasteiger partial charge in [-0.15, -0.1) is 0 Å². The van der Waals surface area contributed by atoms with E-state index in [-0.39, 0.29) is 0 Å². The molecule has 4 heteroatoms. The van der Waals surface area contributed by atoms with Crippen molar-refractivity contribution in [2.24, 2.45) is 0 Å². The summed E-state index contributed by atoms with van der Waals surface area (Å²) in [5.74, 6) is 0. The van der Waals surface area contributed by atoms with Crippen molar-refractivity contribution in [3.63, 3.8) is 0 Å². The third kappa shape index (κ3) is 2.48. The highest BCUT2D eigenvalue weighted by molar-refractivity contribution is 6.38. The van der Waals surface area contributed by atoms with Gasteiger partial charge in [0.1, 0.15) is 0 Å². The topological polar surface area (TPSA) is 0 Å². The van der Waals surface area contributed by atoms with Crippen LogP contribution in [0.25, 0.3) is 0 Å². The van der Waals surface area contributed by atoms with Crippen LogP contribution >= 0.6 is 23.2 Å². The molecule has 48 valence electrons. The summed E-state index contributed by atoms with van der Waals surface area (Å²) in [6.07, 6.45) is 1.05. The van der Waals surface area contributed by atoms with Gasteiger partial charge in [0, 0.05) is 0 Å². The number of allylic oxidation sites excluding steroid dienone is 2. The molecule has 0 fully saturated rings. The summed E-state index contributed by atoms with van der Waals surface area (Å²) in [5.41, 5.74) is 0. The van der Waals surface area contributed by atoms with Crippen molar-refractivity contribution in [2.75, 3.05) is 0 Å². The zero-order valence-electron chi connectivity index (χ0n) is 4.09. The molecule has 0 saturated carbocycles. The van der Waals surface area contributed by atoms with Gasteiger partial charge in [0.25, 0.3) is 0 Å². The summed E-state index contributed by atoms with van der Waals surface area (Å²) in [6.45, 7) is 1.39. The summed E-state index contributed by atoms with van der Waals surface area (Å²) >= 11 is 9.37. The van der Waals surface area contributed by atoms with Crippen LogP contribution < -0.4 is 0 Å². The average Bonchev–Trinajstić information content (AvgIpc) is 1.62. The van der Waals surface area contributed by atoms with E-state index in [9.17, 15) is 8.78 Å². The van der Waals surface area contributed by atoms with E-state index >= 15 is 0 Å². The maximum Gasteiger partial charge on any atom is 0.358 e. The van der Waals surface area contributed by atoms with Gasteiger partial charge in [-0.05, 0) is 18.5 Å². The Morgan fingerprint density at radius 3 is 2.00 bits per heavy atom. The summed E-state index contributed by atoms with van der Waals surface area (Å²) in [6, 6.07) is 0. The quantitative estimate of drug-likeness (QED) is 0.518. The van der Waals surface area contributed by atoms with E-state index in [2.05, 4.69) is 11.6 Å². The second kappa shape index (κ2) is 2.65. The van der Waals surface area contributed by atoms with E-state index < -0.39 is 10.4 Å². The fraction of sp³-hybridized carbons (Fsp3) is 0.500. The molecule has 8 heavy (non-hydrogen) atoms. The average molecular weight is 161 g/mol. The predicted molar refractivity (Wildman–Crippen MR) is 30.4 cm³/mol. The fourth-order valence-corrected chi connectivity index (χ4v) is 0.273. The van der Waals surface area contributed by atoms with Gasteiger partial charge in [-0.3, -0.25) is 0 Å². The molecule has 0 aliphatic heterocycles. The van der Waals surface area contributed by atoms with Crippen LogP contribution in [-0.2, 0) is 0 Å². The number of alkyl halides is 3. The van der Waals surface area contributed by atoms with Crippen LogP contribution in [0.5, 0.6) is 0 Å². The maximum atomic E-state index is 11.7. The highest BCUT2D eigenvalue weighted by atomic mass is 35.5. The predicted octanol–water partition coefficient (Wildman–Crippen LogP) is 2.96. The maximum absolute atomic E-state index is 11.7. The van der Waals surface area contributed by atoms with Crippen LogP contribution in [0.3, 0.4) is 0 Å². The molecule has 0 unspecified atom stereocenters. The van der Waals surface area contributed by atoms with E-state index in [4.69, 9.17) is 11.6 Å². The Balaban J connectivity index is 4.03. The molecule has 0 heterocycles. The summed E-state index contributed by atoms with van der Waals surface area (Å²) in [4.78, 5) is 0. The van der Waals surface area contributed by atoms with Gasteiger partial charge >= 0.3 is 5.38 Å².